The second-order valence-electron chi connectivity index (χ2n) is 3.26. The van der Waals surface area contributed by atoms with Crippen LogP contribution >= 0.6 is 11.8 Å². The Morgan fingerprint density at radius 2 is 2.07 bits per heavy atom. The molecular weight excluding hydrogens is 212 g/mol. The van der Waals surface area contributed by atoms with E-state index in [9.17, 15) is 9.59 Å². The fourth-order valence-corrected chi connectivity index (χ4v) is 2.43. The van der Waals surface area contributed by atoms with Gasteiger partial charge in [0.15, 0.2) is 0 Å². The first-order valence-electron chi connectivity index (χ1n) is 4.51. The first kappa shape index (κ1) is 10.0. The summed E-state index contributed by atoms with van der Waals surface area (Å²) in [6, 6.07) is 7.31. The Bertz CT molecular complexity index is 420. The molecule has 0 saturated carbocycles. The van der Waals surface area contributed by atoms with Gasteiger partial charge in [-0.3, -0.25) is 14.9 Å². The van der Waals surface area contributed by atoms with Crippen molar-refractivity contribution >= 4 is 29.3 Å². The van der Waals surface area contributed by atoms with E-state index in [0.717, 1.165) is 4.90 Å². The number of benzene rings is 1. The number of hydrogen-bond donors (Lipinski definition) is 2. The number of para-hydroxylation sites is 1. The van der Waals surface area contributed by atoms with E-state index in [1.54, 1.807) is 6.07 Å². The highest BCUT2D eigenvalue weighted by Gasteiger charge is 2.31. The molecule has 1 heterocycles. The second-order valence-corrected chi connectivity index (χ2v) is 4.51. The highest BCUT2D eigenvalue weighted by atomic mass is 32.2. The van der Waals surface area contributed by atoms with Crippen LogP contribution in [0.3, 0.4) is 0 Å². The maximum atomic E-state index is 11.3. The van der Waals surface area contributed by atoms with E-state index in [1.165, 1.54) is 11.8 Å². The van der Waals surface area contributed by atoms with Crippen molar-refractivity contribution < 1.29 is 9.59 Å². The van der Waals surface area contributed by atoms with Crippen LogP contribution in [0.1, 0.15) is 6.42 Å². The van der Waals surface area contributed by atoms with Crippen molar-refractivity contribution in [1.29, 1.82) is 0 Å². The Morgan fingerprint density at radius 3 is 2.67 bits per heavy atom. The molecule has 4 nitrogen and oxygen atoms in total. The molecule has 3 N–H and O–H groups in total. The summed E-state index contributed by atoms with van der Waals surface area (Å²) in [4.78, 5) is 23.1. The molecule has 1 aromatic rings. The van der Waals surface area contributed by atoms with Crippen LogP contribution in [0.4, 0.5) is 5.69 Å². The monoisotopic (exact) mass is 222 g/mol. The fourth-order valence-electron chi connectivity index (χ4n) is 1.37. The Labute approximate surface area is 91.2 Å². The molecule has 1 unspecified atom stereocenters. The zero-order chi connectivity index (χ0) is 10.8. The number of imide groups is 1. The van der Waals surface area contributed by atoms with Gasteiger partial charge in [-0.25, -0.2) is 0 Å². The lowest BCUT2D eigenvalue weighted by atomic mass is 10.3. The van der Waals surface area contributed by atoms with Crippen molar-refractivity contribution in [2.45, 2.75) is 16.6 Å². The maximum Gasteiger partial charge on any atom is 0.240 e. The third-order valence-electron chi connectivity index (χ3n) is 2.11. The van der Waals surface area contributed by atoms with E-state index < -0.39 is 0 Å². The Balaban J connectivity index is 2.13. The third kappa shape index (κ3) is 2.12. The zero-order valence-corrected chi connectivity index (χ0v) is 8.71. The molecule has 2 amide bonds. The topological polar surface area (TPSA) is 72.2 Å². The van der Waals surface area contributed by atoms with Gasteiger partial charge < -0.3 is 5.73 Å². The van der Waals surface area contributed by atoms with Gasteiger partial charge in [0, 0.05) is 17.0 Å². The lowest BCUT2D eigenvalue weighted by Crippen LogP contribution is -2.23. The number of carbonyl (C=O) groups excluding carboxylic acids is 2. The lowest BCUT2D eigenvalue weighted by Gasteiger charge is -2.07. The zero-order valence-electron chi connectivity index (χ0n) is 7.90. The number of nitrogens with one attached hydrogen (secondary N) is 1. The minimum atomic E-state index is -0.345. The van der Waals surface area contributed by atoms with Crippen LogP contribution in [-0.2, 0) is 9.59 Å². The molecule has 1 aromatic carbocycles. The van der Waals surface area contributed by atoms with Crippen LogP contribution in [0.25, 0.3) is 0 Å². The number of nitrogens with two attached hydrogens (primary N) is 1. The van der Waals surface area contributed by atoms with Crippen LogP contribution in [0.2, 0.25) is 0 Å². The molecule has 78 valence electrons. The molecule has 0 aromatic heterocycles. The van der Waals surface area contributed by atoms with E-state index >= 15 is 0 Å². The van der Waals surface area contributed by atoms with Crippen molar-refractivity contribution in [2.75, 3.05) is 5.73 Å². The Kier molecular flexibility index (Phi) is 2.64. The largest absolute Gasteiger partial charge is 0.398 e. The number of hydrogen-bond acceptors (Lipinski definition) is 4. The summed E-state index contributed by atoms with van der Waals surface area (Å²) in [5, 5.41) is 1.92. The van der Waals surface area contributed by atoms with E-state index in [4.69, 9.17) is 5.73 Å². The van der Waals surface area contributed by atoms with Gasteiger partial charge in [-0.1, -0.05) is 12.1 Å². The Morgan fingerprint density at radius 1 is 1.33 bits per heavy atom. The molecule has 15 heavy (non-hydrogen) atoms. The first-order chi connectivity index (χ1) is 7.16. The minimum Gasteiger partial charge on any atom is -0.398 e. The fraction of sp³-hybridized carbons (Fsp3) is 0.200. The van der Waals surface area contributed by atoms with E-state index in [1.807, 2.05) is 18.2 Å². The molecule has 1 aliphatic rings. The molecule has 1 saturated heterocycles. The van der Waals surface area contributed by atoms with Gasteiger partial charge in [-0.15, -0.1) is 11.8 Å². The number of amides is 2. The molecule has 1 fully saturated rings. The number of rotatable bonds is 2. The molecule has 5 heteroatoms. The van der Waals surface area contributed by atoms with Crippen LogP contribution in [0, 0.1) is 0 Å². The highest BCUT2D eigenvalue weighted by Crippen LogP contribution is 2.31. The average molecular weight is 222 g/mol. The smallest absolute Gasteiger partial charge is 0.240 e. The summed E-state index contributed by atoms with van der Waals surface area (Å²) in [5.41, 5.74) is 6.38. The summed E-state index contributed by atoms with van der Waals surface area (Å²) in [7, 11) is 0. The van der Waals surface area contributed by atoms with Crippen molar-refractivity contribution in [3.63, 3.8) is 0 Å². The molecule has 1 atom stereocenters. The van der Waals surface area contributed by atoms with Gasteiger partial charge >= 0.3 is 0 Å². The second kappa shape index (κ2) is 3.94. The maximum absolute atomic E-state index is 11.3. The quantitative estimate of drug-likeness (QED) is 0.573. The average Bonchev–Trinajstić information content (AvgIpc) is 2.49. The third-order valence-corrected chi connectivity index (χ3v) is 3.41. The molecular formula is C10H10N2O2S. The number of anilines is 1. The van der Waals surface area contributed by atoms with Gasteiger partial charge in [0.1, 0.15) is 0 Å². The normalized spacial score (nSPS) is 20.4. The van der Waals surface area contributed by atoms with E-state index in [-0.39, 0.29) is 23.5 Å². The van der Waals surface area contributed by atoms with Crippen LogP contribution < -0.4 is 11.1 Å². The summed E-state index contributed by atoms with van der Waals surface area (Å²) in [6.45, 7) is 0. The van der Waals surface area contributed by atoms with E-state index in [2.05, 4.69) is 5.32 Å². The number of carbonyl (C=O) groups is 2. The molecule has 0 bridgehead atoms. The van der Waals surface area contributed by atoms with Crippen LogP contribution in [-0.4, -0.2) is 17.1 Å². The van der Waals surface area contributed by atoms with Crippen molar-refractivity contribution in [3.8, 4) is 0 Å². The summed E-state index contributed by atoms with van der Waals surface area (Å²) >= 11 is 1.33. The van der Waals surface area contributed by atoms with Crippen molar-refractivity contribution in [1.82, 2.24) is 5.32 Å². The minimum absolute atomic E-state index is 0.216. The molecule has 2 rings (SSSR count). The molecule has 0 spiro atoms. The van der Waals surface area contributed by atoms with Crippen LogP contribution in [0.15, 0.2) is 29.2 Å². The standard InChI is InChI=1S/C10H10N2O2S/c11-6-3-1-2-4-7(6)15-8-5-9(13)12-10(8)14/h1-4,8H,5,11H2,(H,12,13,14). The summed E-state index contributed by atoms with van der Waals surface area (Å²) in [6.07, 6.45) is 0.234. The number of nitrogen functional groups attached to an aromatic ring is 1. The van der Waals surface area contributed by atoms with Crippen molar-refractivity contribution in [3.05, 3.63) is 24.3 Å². The summed E-state index contributed by atoms with van der Waals surface area (Å²) < 4.78 is 0. The first-order valence-corrected chi connectivity index (χ1v) is 5.39. The van der Waals surface area contributed by atoms with Gasteiger partial charge in [0.05, 0.1) is 5.25 Å². The van der Waals surface area contributed by atoms with Crippen molar-refractivity contribution in [2.24, 2.45) is 0 Å². The lowest BCUT2D eigenvalue weighted by molar-refractivity contribution is -0.124. The van der Waals surface area contributed by atoms with Gasteiger partial charge in [0.2, 0.25) is 11.8 Å². The molecule has 0 aliphatic carbocycles. The van der Waals surface area contributed by atoms with E-state index in [0.29, 0.717) is 5.69 Å². The molecule has 0 radical (unpaired) electrons. The van der Waals surface area contributed by atoms with Gasteiger partial charge in [-0.05, 0) is 12.1 Å². The summed E-state index contributed by atoms with van der Waals surface area (Å²) in [5.74, 6) is -0.444. The molecule has 1 aliphatic heterocycles. The predicted molar refractivity (Wildman–Crippen MR) is 58.3 cm³/mol. The predicted octanol–water partition coefficient (Wildman–Crippen LogP) is 0.776. The number of thioether (sulfide) groups is 1. The highest BCUT2D eigenvalue weighted by molar-refractivity contribution is 8.00. The Hall–Kier alpha value is -1.49. The van der Waals surface area contributed by atoms with Crippen LogP contribution in [0.5, 0.6) is 0 Å². The van der Waals surface area contributed by atoms with Gasteiger partial charge in [0.25, 0.3) is 0 Å². The van der Waals surface area contributed by atoms with Gasteiger partial charge in [-0.2, -0.15) is 0 Å². The SMILES string of the molecule is Nc1ccccc1SC1CC(=O)NC1=O.